The van der Waals surface area contributed by atoms with E-state index < -0.39 is 0 Å². The van der Waals surface area contributed by atoms with Crippen molar-refractivity contribution >= 4 is 21.9 Å². The van der Waals surface area contributed by atoms with Crippen LogP contribution in [0.2, 0.25) is 0 Å². The Morgan fingerprint density at radius 2 is 0.918 bits per heavy atom. The van der Waals surface area contributed by atoms with Crippen molar-refractivity contribution in [3.8, 4) is 67.9 Å². The second-order valence-electron chi connectivity index (χ2n) is 11.7. The quantitative estimate of drug-likeness (QED) is 0.181. The van der Waals surface area contributed by atoms with E-state index in [-0.39, 0.29) is 0 Å². The maximum atomic E-state index is 6.20. The van der Waals surface area contributed by atoms with Gasteiger partial charge in [0.15, 0.2) is 5.58 Å². The van der Waals surface area contributed by atoms with E-state index in [1.807, 2.05) is 103 Å². The van der Waals surface area contributed by atoms with Gasteiger partial charge in [-0.2, -0.15) is 0 Å². The molecule has 0 N–H and O–H groups in total. The highest BCUT2D eigenvalue weighted by atomic mass is 16.3. The summed E-state index contributed by atoms with van der Waals surface area (Å²) in [6.07, 6.45) is 7.24. The molecule has 0 bridgehead atoms. The molecule has 49 heavy (non-hydrogen) atoms. The summed E-state index contributed by atoms with van der Waals surface area (Å²) in [4.78, 5) is 28.3. The number of fused-ring (bicyclic) bond motifs is 2. The third-order valence-corrected chi connectivity index (χ3v) is 8.52. The van der Waals surface area contributed by atoms with Gasteiger partial charge >= 0.3 is 0 Å². The molecule has 0 radical (unpaired) electrons. The molecule has 6 aromatic heterocycles. The van der Waals surface area contributed by atoms with E-state index in [9.17, 15) is 0 Å². The number of hydrogen-bond acceptors (Lipinski definition) is 7. The molecule has 9 rings (SSSR count). The first-order chi connectivity index (χ1) is 24.2. The van der Waals surface area contributed by atoms with Crippen LogP contribution in [-0.4, -0.2) is 29.9 Å². The maximum Gasteiger partial charge on any atom is 0.227 e. The van der Waals surface area contributed by atoms with Crippen LogP contribution >= 0.6 is 0 Å². The van der Waals surface area contributed by atoms with Crippen LogP contribution in [0.1, 0.15) is 0 Å². The summed E-state index contributed by atoms with van der Waals surface area (Å²) in [6.45, 7) is 0. The average Bonchev–Trinajstić information content (AvgIpc) is 3.60. The van der Waals surface area contributed by atoms with Gasteiger partial charge in [-0.15, -0.1) is 0 Å². The Morgan fingerprint density at radius 3 is 1.47 bits per heavy atom. The summed E-state index contributed by atoms with van der Waals surface area (Å²) in [5, 5.41) is 2.26. The van der Waals surface area contributed by atoms with Gasteiger partial charge in [0.2, 0.25) is 5.89 Å². The highest BCUT2D eigenvalue weighted by Crippen LogP contribution is 2.33. The van der Waals surface area contributed by atoms with Crippen LogP contribution in [0.25, 0.3) is 89.7 Å². The summed E-state index contributed by atoms with van der Waals surface area (Å²) in [7, 11) is 0. The minimum Gasteiger partial charge on any atom is -0.436 e. The first-order valence-electron chi connectivity index (χ1n) is 15.9. The molecule has 0 fully saturated rings. The molecule has 0 saturated heterocycles. The Kier molecular flexibility index (Phi) is 6.98. The number of pyridine rings is 5. The molecule has 0 atom stereocenters. The number of hydrogen-bond donors (Lipinski definition) is 0. The first-order valence-corrected chi connectivity index (χ1v) is 15.9. The van der Waals surface area contributed by atoms with Crippen LogP contribution in [-0.2, 0) is 0 Å². The third kappa shape index (κ3) is 5.59. The lowest BCUT2D eigenvalue weighted by atomic mass is 10.0. The fraction of sp³-hybridized carbons (Fsp3) is 0. The highest BCUT2D eigenvalue weighted by Gasteiger charge is 2.14. The number of nitrogens with zero attached hydrogens (tertiary/aromatic N) is 6. The molecular formula is C42H26N6O. The Morgan fingerprint density at radius 1 is 0.367 bits per heavy atom. The fourth-order valence-electron chi connectivity index (χ4n) is 5.96. The van der Waals surface area contributed by atoms with E-state index in [2.05, 4.69) is 52.4 Å². The zero-order valence-electron chi connectivity index (χ0n) is 26.1. The second-order valence-corrected chi connectivity index (χ2v) is 11.7. The van der Waals surface area contributed by atoms with Crippen molar-refractivity contribution in [2.75, 3.05) is 0 Å². The molecule has 0 saturated carbocycles. The van der Waals surface area contributed by atoms with Gasteiger partial charge in [0.05, 0.1) is 34.2 Å². The van der Waals surface area contributed by atoms with Crippen LogP contribution in [0.15, 0.2) is 163 Å². The Hall–Kier alpha value is -6.86. The summed E-state index contributed by atoms with van der Waals surface area (Å²) in [6, 6.07) is 44.4. The Balaban J connectivity index is 1.09. The molecule has 0 aliphatic heterocycles. The number of oxazole rings is 1. The maximum absolute atomic E-state index is 6.20. The minimum atomic E-state index is 0.586. The smallest absolute Gasteiger partial charge is 0.227 e. The van der Waals surface area contributed by atoms with Gasteiger partial charge in [-0.25, -0.2) is 9.97 Å². The zero-order valence-corrected chi connectivity index (χ0v) is 26.1. The van der Waals surface area contributed by atoms with Crippen molar-refractivity contribution in [3.05, 3.63) is 158 Å². The topological polar surface area (TPSA) is 90.5 Å². The van der Waals surface area contributed by atoms with Gasteiger partial charge in [-0.3, -0.25) is 19.9 Å². The van der Waals surface area contributed by atoms with Gasteiger partial charge in [0.25, 0.3) is 0 Å². The van der Waals surface area contributed by atoms with Crippen LogP contribution in [0.3, 0.4) is 0 Å². The predicted molar refractivity (Wildman–Crippen MR) is 193 cm³/mol. The molecule has 0 amide bonds. The van der Waals surface area contributed by atoms with E-state index in [0.717, 1.165) is 83.9 Å². The van der Waals surface area contributed by atoms with E-state index in [1.54, 1.807) is 12.4 Å². The molecule has 0 aliphatic rings. The highest BCUT2D eigenvalue weighted by molar-refractivity contribution is 5.95. The second kappa shape index (κ2) is 12.1. The van der Waals surface area contributed by atoms with Crippen molar-refractivity contribution < 1.29 is 4.42 Å². The molecule has 0 spiro atoms. The van der Waals surface area contributed by atoms with Crippen LogP contribution in [0.5, 0.6) is 0 Å². The largest absolute Gasteiger partial charge is 0.436 e. The molecule has 3 aromatic carbocycles. The Labute approximate surface area is 281 Å². The molecule has 0 aliphatic carbocycles. The summed E-state index contributed by atoms with van der Waals surface area (Å²) >= 11 is 0. The fourth-order valence-corrected chi connectivity index (χ4v) is 5.96. The Bertz CT molecular complexity index is 2410. The summed E-state index contributed by atoms with van der Waals surface area (Å²) < 4.78 is 6.20. The minimum absolute atomic E-state index is 0.586. The lowest BCUT2D eigenvalue weighted by Gasteiger charge is -2.11. The molecule has 0 unspecified atom stereocenters. The van der Waals surface area contributed by atoms with Gasteiger partial charge in [-0.1, -0.05) is 48.5 Å². The zero-order chi connectivity index (χ0) is 32.6. The lowest BCUT2D eigenvalue weighted by molar-refractivity contribution is 0.620. The predicted octanol–water partition coefficient (Wildman–Crippen LogP) is 9.96. The van der Waals surface area contributed by atoms with Crippen LogP contribution < -0.4 is 0 Å². The van der Waals surface area contributed by atoms with E-state index in [0.29, 0.717) is 5.89 Å². The third-order valence-electron chi connectivity index (χ3n) is 8.52. The van der Waals surface area contributed by atoms with Gasteiger partial charge in [0.1, 0.15) is 5.52 Å². The van der Waals surface area contributed by atoms with Crippen LogP contribution in [0.4, 0.5) is 0 Å². The van der Waals surface area contributed by atoms with E-state index in [4.69, 9.17) is 24.4 Å². The van der Waals surface area contributed by atoms with Gasteiger partial charge < -0.3 is 4.42 Å². The number of benzene rings is 3. The van der Waals surface area contributed by atoms with Gasteiger partial charge in [-0.05, 0) is 107 Å². The van der Waals surface area contributed by atoms with E-state index in [1.165, 1.54) is 0 Å². The average molecular weight is 631 g/mol. The SMILES string of the molecule is c1ccc(-c2ccc(-c3cc(-c4ccc(-c5nc6cc7ccccc7cc6o5)cc4)cc(-c4ccc(-c5ccccn5)cn4)n3)nc2)nc1. The van der Waals surface area contributed by atoms with Crippen molar-refractivity contribution in [3.63, 3.8) is 0 Å². The van der Waals surface area contributed by atoms with Crippen molar-refractivity contribution in [1.82, 2.24) is 29.9 Å². The normalized spacial score (nSPS) is 11.3. The molecule has 6 heterocycles. The van der Waals surface area contributed by atoms with Crippen molar-refractivity contribution in [2.45, 2.75) is 0 Å². The number of aromatic nitrogens is 6. The molecular weight excluding hydrogens is 605 g/mol. The van der Waals surface area contributed by atoms with Crippen LogP contribution in [0, 0.1) is 0 Å². The summed E-state index contributed by atoms with van der Waals surface area (Å²) in [5.74, 6) is 0.586. The molecule has 7 nitrogen and oxygen atoms in total. The van der Waals surface area contributed by atoms with Crippen molar-refractivity contribution in [2.24, 2.45) is 0 Å². The molecule has 7 heteroatoms. The standard InChI is InChI=1S/C42H26N6O/c1-2-8-30-24-41-40(21-29(30)7-1)48-42(49-41)28-13-11-27(12-14-28)33-22-38(36-17-15-31(25-45-36)34-9-3-5-19-43-34)47-39(23-33)37-18-16-32(26-46-37)35-10-4-6-20-44-35/h1-26H. The van der Waals surface area contributed by atoms with Gasteiger partial charge in [0, 0.05) is 41.5 Å². The van der Waals surface area contributed by atoms with Crippen molar-refractivity contribution in [1.29, 1.82) is 0 Å². The first kappa shape index (κ1) is 28.4. The molecule has 9 aromatic rings. The number of rotatable bonds is 6. The summed E-state index contributed by atoms with van der Waals surface area (Å²) in [5.41, 5.74) is 11.1. The molecule has 230 valence electrons. The van der Waals surface area contributed by atoms with E-state index >= 15 is 0 Å². The monoisotopic (exact) mass is 630 g/mol. The lowest BCUT2D eigenvalue weighted by Crippen LogP contribution is -1.95.